The maximum Gasteiger partial charge on any atom is 0.0781 e. The van der Waals surface area contributed by atoms with Crippen LogP contribution in [0.15, 0.2) is 94.0 Å². The van der Waals surface area contributed by atoms with Crippen LogP contribution >= 0.6 is 31.9 Å². The van der Waals surface area contributed by atoms with Crippen LogP contribution in [0.5, 0.6) is 0 Å². The summed E-state index contributed by atoms with van der Waals surface area (Å²) in [4.78, 5) is 4.43. The molecule has 27 heavy (non-hydrogen) atoms. The molecule has 0 amide bonds. The Labute approximate surface area is 174 Å². The molecule has 132 valence electrons. The van der Waals surface area contributed by atoms with Crippen molar-refractivity contribution in [3.8, 4) is 0 Å². The average molecular weight is 480 g/mol. The van der Waals surface area contributed by atoms with E-state index in [0.29, 0.717) is 0 Å². The standard InChI is InChI=1S/C13H8BrN.C10H8BrN/c14-12-8-9-4-3-7-15-13(9)11-6-2-1-5-10(11)12;11-9-5-6-10(12)8-4-2-1-3-7(8)9/h1-8H;1-6H,12H2. The summed E-state index contributed by atoms with van der Waals surface area (Å²) in [5.41, 5.74) is 7.70. The van der Waals surface area contributed by atoms with Gasteiger partial charge in [-0.1, -0.05) is 86.5 Å². The second-order valence-electron chi connectivity index (χ2n) is 6.16. The molecule has 1 aromatic heterocycles. The van der Waals surface area contributed by atoms with E-state index in [1.54, 1.807) is 0 Å². The van der Waals surface area contributed by atoms with Gasteiger partial charge in [0.25, 0.3) is 0 Å². The highest BCUT2D eigenvalue weighted by atomic mass is 79.9. The number of hydrogen-bond acceptors (Lipinski definition) is 2. The van der Waals surface area contributed by atoms with Crippen LogP contribution < -0.4 is 5.73 Å². The lowest BCUT2D eigenvalue weighted by Gasteiger charge is -2.04. The van der Waals surface area contributed by atoms with Gasteiger partial charge in [-0.25, -0.2) is 0 Å². The number of anilines is 1. The van der Waals surface area contributed by atoms with Crippen molar-refractivity contribution in [3.63, 3.8) is 0 Å². The number of halogens is 2. The number of nitrogens with zero attached hydrogens (tertiary/aromatic N) is 1. The molecule has 0 aliphatic heterocycles. The Kier molecular flexibility index (Phi) is 5.10. The zero-order valence-electron chi connectivity index (χ0n) is 14.4. The van der Waals surface area contributed by atoms with Crippen LogP contribution in [0.1, 0.15) is 0 Å². The van der Waals surface area contributed by atoms with Crippen molar-refractivity contribution in [1.29, 1.82) is 0 Å². The summed E-state index contributed by atoms with van der Waals surface area (Å²) in [7, 11) is 0. The molecule has 4 heteroatoms. The van der Waals surface area contributed by atoms with Crippen LogP contribution in [-0.2, 0) is 0 Å². The molecule has 0 spiro atoms. The minimum Gasteiger partial charge on any atom is -0.398 e. The molecule has 0 saturated heterocycles. The van der Waals surface area contributed by atoms with Crippen molar-refractivity contribution in [2.75, 3.05) is 5.73 Å². The number of rotatable bonds is 0. The normalized spacial score (nSPS) is 10.7. The van der Waals surface area contributed by atoms with Gasteiger partial charge in [0.2, 0.25) is 0 Å². The van der Waals surface area contributed by atoms with Gasteiger partial charge in [0.1, 0.15) is 0 Å². The molecule has 2 N–H and O–H groups in total. The first-order valence-electron chi connectivity index (χ1n) is 8.50. The number of benzene rings is 4. The molecule has 0 bridgehead atoms. The minimum absolute atomic E-state index is 0.828. The Hall–Kier alpha value is -2.43. The highest BCUT2D eigenvalue weighted by Crippen LogP contribution is 2.30. The maximum absolute atomic E-state index is 5.80. The first-order chi connectivity index (χ1) is 13.1. The molecule has 1 heterocycles. The molecular formula is C23H16Br2N2. The van der Waals surface area contributed by atoms with Crippen LogP contribution in [0.25, 0.3) is 32.4 Å². The number of nitrogens with two attached hydrogens (primary N) is 1. The summed E-state index contributed by atoms with van der Waals surface area (Å²) >= 11 is 7.07. The lowest BCUT2D eigenvalue weighted by atomic mass is 10.1. The van der Waals surface area contributed by atoms with Gasteiger partial charge in [0.05, 0.1) is 5.52 Å². The van der Waals surface area contributed by atoms with E-state index in [4.69, 9.17) is 5.73 Å². The number of nitrogen functional groups attached to an aromatic ring is 1. The molecule has 4 aromatic carbocycles. The fourth-order valence-electron chi connectivity index (χ4n) is 3.16. The Morgan fingerprint density at radius 2 is 1.26 bits per heavy atom. The zero-order valence-corrected chi connectivity index (χ0v) is 17.5. The third kappa shape index (κ3) is 3.55. The summed E-state index contributed by atoms with van der Waals surface area (Å²) in [6.07, 6.45) is 1.84. The van der Waals surface area contributed by atoms with Gasteiger partial charge in [0, 0.05) is 37.0 Å². The molecule has 5 aromatic rings. The third-order valence-electron chi connectivity index (χ3n) is 4.47. The predicted octanol–water partition coefficient (Wildman–Crippen LogP) is 7.34. The molecule has 0 saturated carbocycles. The van der Waals surface area contributed by atoms with E-state index >= 15 is 0 Å². The van der Waals surface area contributed by atoms with Crippen LogP contribution in [0, 0.1) is 0 Å². The second kappa shape index (κ2) is 7.67. The number of pyridine rings is 1. The van der Waals surface area contributed by atoms with E-state index in [9.17, 15) is 0 Å². The van der Waals surface area contributed by atoms with Crippen molar-refractivity contribution >= 4 is 70.0 Å². The van der Waals surface area contributed by atoms with E-state index < -0.39 is 0 Å². The van der Waals surface area contributed by atoms with Gasteiger partial charge < -0.3 is 5.73 Å². The summed E-state index contributed by atoms with van der Waals surface area (Å²) in [5, 5.41) is 5.85. The van der Waals surface area contributed by atoms with Gasteiger partial charge in [-0.15, -0.1) is 0 Å². The predicted molar refractivity (Wildman–Crippen MR) is 123 cm³/mol. The quantitative estimate of drug-likeness (QED) is 0.186. The molecule has 0 radical (unpaired) electrons. The summed E-state index contributed by atoms with van der Waals surface area (Å²) < 4.78 is 2.21. The van der Waals surface area contributed by atoms with Crippen molar-refractivity contribution < 1.29 is 0 Å². The Morgan fingerprint density at radius 3 is 1.96 bits per heavy atom. The fourth-order valence-corrected chi connectivity index (χ4v) is 4.23. The first-order valence-corrected chi connectivity index (χ1v) is 10.1. The van der Waals surface area contributed by atoms with Crippen LogP contribution in [0.4, 0.5) is 5.69 Å². The van der Waals surface area contributed by atoms with E-state index in [1.807, 2.05) is 54.7 Å². The molecule has 5 rings (SSSR count). The largest absolute Gasteiger partial charge is 0.398 e. The van der Waals surface area contributed by atoms with E-state index in [1.165, 1.54) is 16.2 Å². The molecule has 0 aliphatic carbocycles. The van der Waals surface area contributed by atoms with E-state index in [2.05, 4.69) is 67.2 Å². The Balaban J connectivity index is 0.000000137. The van der Waals surface area contributed by atoms with Crippen molar-refractivity contribution in [3.05, 3.63) is 94.0 Å². The molecule has 2 nitrogen and oxygen atoms in total. The SMILES string of the molecule is Brc1cc2cccnc2c2ccccc12.Nc1ccc(Br)c2ccccc12. The highest BCUT2D eigenvalue weighted by Gasteiger charge is 2.04. The van der Waals surface area contributed by atoms with Gasteiger partial charge in [-0.05, 0) is 35.0 Å². The smallest absolute Gasteiger partial charge is 0.0781 e. The molecule has 0 unspecified atom stereocenters. The van der Waals surface area contributed by atoms with E-state index in [-0.39, 0.29) is 0 Å². The lowest BCUT2D eigenvalue weighted by Crippen LogP contribution is -1.86. The molecule has 0 aliphatic rings. The summed E-state index contributed by atoms with van der Waals surface area (Å²) in [6.45, 7) is 0. The minimum atomic E-state index is 0.828. The monoisotopic (exact) mass is 478 g/mol. The molecule has 0 atom stereocenters. The summed E-state index contributed by atoms with van der Waals surface area (Å²) in [5.74, 6) is 0. The number of aromatic nitrogens is 1. The second-order valence-corrected chi connectivity index (χ2v) is 7.87. The van der Waals surface area contributed by atoms with Crippen molar-refractivity contribution in [2.45, 2.75) is 0 Å². The maximum atomic E-state index is 5.80. The van der Waals surface area contributed by atoms with Gasteiger partial charge in [0.15, 0.2) is 0 Å². The van der Waals surface area contributed by atoms with Crippen LogP contribution in [0.3, 0.4) is 0 Å². The van der Waals surface area contributed by atoms with Gasteiger partial charge >= 0.3 is 0 Å². The first kappa shape index (κ1) is 18.0. The third-order valence-corrected chi connectivity index (χ3v) is 5.81. The Morgan fingerprint density at radius 1 is 0.630 bits per heavy atom. The number of fused-ring (bicyclic) bond motifs is 4. The lowest BCUT2D eigenvalue weighted by molar-refractivity contribution is 1.43. The van der Waals surface area contributed by atoms with Crippen molar-refractivity contribution in [2.24, 2.45) is 0 Å². The Bertz CT molecular complexity index is 1220. The number of hydrogen-bond donors (Lipinski definition) is 1. The van der Waals surface area contributed by atoms with Gasteiger partial charge in [-0.2, -0.15) is 0 Å². The van der Waals surface area contributed by atoms with Crippen LogP contribution in [-0.4, -0.2) is 4.98 Å². The molecule has 0 fully saturated rings. The summed E-state index contributed by atoms with van der Waals surface area (Å²) in [6, 6.07) is 26.4. The van der Waals surface area contributed by atoms with Crippen molar-refractivity contribution in [1.82, 2.24) is 4.98 Å². The fraction of sp³-hybridized carbons (Fsp3) is 0. The molecular weight excluding hydrogens is 464 g/mol. The van der Waals surface area contributed by atoms with E-state index in [0.717, 1.165) is 30.9 Å². The van der Waals surface area contributed by atoms with Gasteiger partial charge in [-0.3, -0.25) is 4.98 Å². The highest BCUT2D eigenvalue weighted by molar-refractivity contribution is 9.11. The van der Waals surface area contributed by atoms with Crippen LogP contribution in [0.2, 0.25) is 0 Å². The average Bonchev–Trinajstić information content (AvgIpc) is 2.72. The topological polar surface area (TPSA) is 38.9 Å². The zero-order chi connectivity index (χ0) is 18.8.